The van der Waals surface area contributed by atoms with Crippen molar-refractivity contribution in [2.45, 2.75) is 44.4 Å². The van der Waals surface area contributed by atoms with Crippen LogP contribution in [0.4, 0.5) is 0 Å². The first-order valence-electron chi connectivity index (χ1n) is 10.1. The van der Waals surface area contributed by atoms with Crippen LogP contribution in [0.3, 0.4) is 0 Å². The molecule has 2 unspecified atom stereocenters. The highest BCUT2D eigenvalue weighted by molar-refractivity contribution is 8.00. The van der Waals surface area contributed by atoms with Gasteiger partial charge in [0.15, 0.2) is 5.96 Å². The lowest BCUT2D eigenvalue weighted by molar-refractivity contribution is 0.0124. The molecule has 27 heavy (non-hydrogen) atoms. The van der Waals surface area contributed by atoms with Gasteiger partial charge in [0.05, 0.1) is 25.8 Å². The van der Waals surface area contributed by atoms with Crippen molar-refractivity contribution in [2.75, 3.05) is 51.7 Å². The number of rotatable bonds is 7. The third-order valence-corrected chi connectivity index (χ3v) is 6.78. The van der Waals surface area contributed by atoms with Crippen LogP contribution in [0.15, 0.2) is 21.5 Å². The molecular weight excluding hydrogens is 360 g/mol. The molecule has 2 atom stereocenters. The first-order chi connectivity index (χ1) is 13.1. The highest BCUT2D eigenvalue weighted by Gasteiger charge is 2.29. The smallest absolute Gasteiger partial charge is 0.191 e. The molecule has 0 aromatic carbocycles. The maximum Gasteiger partial charge on any atom is 0.191 e. The molecule has 2 aliphatic heterocycles. The Hall–Kier alpha value is -1.18. The van der Waals surface area contributed by atoms with E-state index in [4.69, 9.17) is 14.1 Å². The molecule has 2 saturated heterocycles. The van der Waals surface area contributed by atoms with Crippen LogP contribution in [-0.2, 0) is 4.74 Å². The molecule has 1 aromatic heterocycles. The van der Waals surface area contributed by atoms with Gasteiger partial charge in [0.25, 0.3) is 0 Å². The Kier molecular flexibility index (Phi) is 7.49. The fourth-order valence-electron chi connectivity index (χ4n) is 3.67. The molecule has 0 radical (unpaired) electrons. The Labute approximate surface area is 167 Å². The van der Waals surface area contributed by atoms with E-state index in [1.807, 2.05) is 13.0 Å². The van der Waals surface area contributed by atoms with Gasteiger partial charge in [-0.3, -0.25) is 9.89 Å². The number of nitrogens with one attached hydrogen (secondary N) is 2. The second-order valence-corrected chi connectivity index (χ2v) is 9.27. The average Bonchev–Trinajstić information content (AvgIpc) is 3.30. The van der Waals surface area contributed by atoms with Gasteiger partial charge in [0, 0.05) is 30.9 Å². The van der Waals surface area contributed by atoms with E-state index in [9.17, 15) is 0 Å². The SMILES string of the molecule is CCNC(=NCC1(C)CCCS1)NCC(c1ccc(C)o1)N1CCOCC1. The molecule has 6 nitrogen and oxygen atoms in total. The first-order valence-corrected chi connectivity index (χ1v) is 11.1. The van der Waals surface area contributed by atoms with Crippen molar-refractivity contribution < 1.29 is 9.15 Å². The highest BCUT2D eigenvalue weighted by Crippen LogP contribution is 2.37. The van der Waals surface area contributed by atoms with Gasteiger partial charge in [-0.1, -0.05) is 0 Å². The molecule has 1 aromatic rings. The summed E-state index contributed by atoms with van der Waals surface area (Å²) in [7, 11) is 0. The molecule has 3 heterocycles. The van der Waals surface area contributed by atoms with E-state index in [0.29, 0.717) is 0 Å². The fraction of sp³-hybridized carbons (Fsp3) is 0.750. The Morgan fingerprint density at radius 1 is 1.33 bits per heavy atom. The number of hydrogen-bond acceptors (Lipinski definition) is 5. The Morgan fingerprint density at radius 2 is 2.15 bits per heavy atom. The Balaban J connectivity index is 1.65. The molecule has 152 valence electrons. The molecule has 7 heteroatoms. The van der Waals surface area contributed by atoms with Gasteiger partial charge < -0.3 is 19.8 Å². The number of hydrogen-bond donors (Lipinski definition) is 2. The molecule has 0 spiro atoms. The summed E-state index contributed by atoms with van der Waals surface area (Å²) in [5, 5.41) is 6.95. The lowest BCUT2D eigenvalue weighted by Crippen LogP contribution is -2.46. The number of nitrogens with zero attached hydrogens (tertiary/aromatic N) is 2. The summed E-state index contributed by atoms with van der Waals surface area (Å²) in [5.41, 5.74) is 0. The van der Waals surface area contributed by atoms with Gasteiger partial charge in [0.1, 0.15) is 11.5 Å². The maximum absolute atomic E-state index is 5.96. The van der Waals surface area contributed by atoms with E-state index in [2.05, 4.69) is 47.2 Å². The number of ether oxygens (including phenoxy) is 1. The summed E-state index contributed by atoms with van der Waals surface area (Å²) in [6.45, 7) is 12.3. The van der Waals surface area contributed by atoms with E-state index in [-0.39, 0.29) is 10.8 Å². The maximum atomic E-state index is 5.96. The molecule has 0 amide bonds. The molecular formula is C20H34N4O2S. The zero-order chi connectivity index (χ0) is 19.1. The minimum Gasteiger partial charge on any atom is -0.465 e. The van der Waals surface area contributed by atoms with Crippen LogP contribution in [0.2, 0.25) is 0 Å². The third kappa shape index (κ3) is 5.90. The lowest BCUT2D eigenvalue weighted by Gasteiger charge is -2.33. The van der Waals surface area contributed by atoms with Crippen molar-refractivity contribution >= 4 is 17.7 Å². The van der Waals surface area contributed by atoms with Gasteiger partial charge in [-0.25, -0.2) is 0 Å². The average molecular weight is 395 g/mol. The van der Waals surface area contributed by atoms with Crippen LogP contribution in [0.5, 0.6) is 0 Å². The van der Waals surface area contributed by atoms with Crippen molar-refractivity contribution in [2.24, 2.45) is 4.99 Å². The van der Waals surface area contributed by atoms with Gasteiger partial charge in [0.2, 0.25) is 0 Å². The zero-order valence-electron chi connectivity index (χ0n) is 16.9. The molecule has 0 aliphatic carbocycles. The van der Waals surface area contributed by atoms with Crippen molar-refractivity contribution in [1.82, 2.24) is 15.5 Å². The molecule has 0 bridgehead atoms. The van der Waals surface area contributed by atoms with Crippen molar-refractivity contribution in [3.05, 3.63) is 23.7 Å². The third-order valence-electron chi connectivity index (χ3n) is 5.26. The molecule has 2 aliphatic rings. The molecule has 2 N–H and O–H groups in total. The van der Waals surface area contributed by atoms with Crippen molar-refractivity contribution in [3.63, 3.8) is 0 Å². The molecule has 2 fully saturated rings. The van der Waals surface area contributed by atoms with Crippen LogP contribution in [0, 0.1) is 6.92 Å². The van der Waals surface area contributed by atoms with Crippen LogP contribution < -0.4 is 10.6 Å². The van der Waals surface area contributed by atoms with Crippen LogP contribution in [0.25, 0.3) is 0 Å². The van der Waals surface area contributed by atoms with E-state index in [1.54, 1.807) is 0 Å². The fourth-order valence-corrected chi connectivity index (χ4v) is 4.90. The summed E-state index contributed by atoms with van der Waals surface area (Å²) in [4.78, 5) is 7.32. The van der Waals surface area contributed by atoms with Crippen LogP contribution >= 0.6 is 11.8 Å². The van der Waals surface area contributed by atoms with Crippen LogP contribution in [-0.4, -0.2) is 67.3 Å². The Morgan fingerprint density at radius 3 is 2.78 bits per heavy atom. The van der Waals surface area contributed by atoms with Crippen molar-refractivity contribution in [1.29, 1.82) is 0 Å². The largest absolute Gasteiger partial charge is 0.465 e. The lowest BCUT2D eigenvalue weighted by atomic mass is 10.1. The minimum atomic E-state index is 0.183. The topological polar surface area (TPSA) is 62.0 Å². The normalized spacial score (nSPS) is 25.5. The van der Waals surface area contributed by atoms with Gasteiger partial charge in [-0.15, -0.1) is 0 Å². The standard InChI is InChI=1S/C20H34N4O2S/c1-4-21-19(23-15-20(3)8-5-13-27-20)22-14-17(18-7-6-16(2)26-18)24-9-11-25-12-10-24/h6-7,17H,4-5,8-15H2,1-3H3,(H2,21,22,23). The van der Waals surface area contributed by atoms with Gasteiger partial charge in [-0.2, -0.15) is 11.8 Å². The van der Waals surface area contributed by atoms with Crippen LogP contribution in [0.1, 0.15) is 44.3 Å². The predicted molar refractivity (Wildman–Crippen MR) is 113 cm³/mol. The number of morpholine rings is 1. The summed E-state index contributed by atoms with van der Waals surface area (Å²) in [6, 6.07) is 4.32. The second kappa shape index (κ2) is 9.85. The van der Waals surface area contributed by atoms with E-state index in [0.717, 1.165) is 63.4 Å². The van der Waals surface area contributed by atoms with E-state index in [1.165, 1.54) is 18.6 Å². The number of guanidine groups is 1. The number of thioether (sulfide) groups is 1. The summed E-state index contributed by atoms with van der Waals surface area (Å²) in [5.74, 6) is 4.12. The molecule has 0 saturated carbocycles. The quantitative estimate of drug-likeness (QED) is 0.548. The predicted octanol–water partition coefficient (Wildman–Crippen LogP) is 2.80. The Bertz CT molecular complexity index is 607. The minimum absolute atomic E-state index is 0.183. The molecule has 3 rings (SSSR count). The summed E-state index contributed by atoms with van der Waals surface area (Å²) < 4.78 is 11.8. The summed E-state index contributed by atoms with van der Waals surface area (Å²) in [6.07, 6.45) is 2.56. The summed E-state index contributed by atoms with van der Waals surface area (Å²) >= 11 is 2.05. The van der Waals surface area contributed by atoms with Gasteiger partial charge >= 0.3 is 0 Å². The number of aliphatic imine (C=N–C) groups is 1. The van der Waals surface area contributed by atoms with E-state index >= 15 is 0 Å². The van der Waals surface area contributed by atoms with E-state index < -0.39 is 0 Å². The number of furan rings is 1. The second-order valence-electron chi connectivity index (χ2n) is 7.59. The monoisotopic (exact) mass is 394 g/mol. The van der Waals surface area contributed by atoms with Gasteiger partial charge in [-0.05, 0) is 51.5 Å². The first kappa shape index (κ1) is 20.6. The number of aryl methyl sites for hydroxylation is 1. The zero-order valence-corrected chi connectivity index (χ0v) is 17.7. The van der Waals surface area contributed by atoms with Crippen molar-refractivity contribution in [3.8, 4) is 0 Å². The highest BCUT2D eigenvalue weighted by atomic mass is 32.2.